The summed E-state index contributed by atoms with van der Waals surface area (Å²) in [7, 11) is 0. The first-order valence-electron chi connectivity index (χ1n) is 8.93. The number of aliphatic hydroxyl groups is 1. The lowest BCUT2D eigenvalue weighted by atomic mass is 10.2. The van der Waals surface area contributed by atoms with Crippen molar-refractivity contribution in [1.29, 1.82) is 0 Å². The van der Waals surface area contributed by atoms with E-state index in [1.54, 1.807) is 0 Å². The molecule has 0 aliphatic carbocycles. The Balaban J connectivity index is 1.65. The third-order valence-electron chi connectivity index (χ3n) is 4.57. The van der Waals surface area contributed by atoms with Crippen LogP contribution in [0.2, 0.25) is 0 Å². The van der Waals surface area contributed by atoms with Crippen LogP contribution in [0, 0.1) is 11.6 Å². The van der Waals surface area contributed by atoms with Gasteiger partial charge in [0.05, 0.1) is 6.61 Å². The zero-order valence-electron chi connectivity index (χ0n) is 15.2. The van der Waals surface area contributed by atoms with Crippen molar-refractivity contribution in [2.24, 2.45) is 0 Å². The number of nitrogens with zero attached hydrogens (tertiary/aromatic N) is 3. The minimum atomic E-state index is -1.03. The highest BCUT2D eigenvalue weighted by molar-refractivity contribution is 5.96. The molecule has 1 N–H and O–H groups in total. The lowest BCUT2D eigenvalue weighted by Gasteiger charge is -2.25. The molecule has 1 heterocycles. The van der Waals surface area contributed by atoms with E-state index in [1.807, 2.05) is 30.3 Å². The number of carbonyl (C=O) groups excluding carboxylic acids is 2. The summed E-state index contributed by atoms with van der Waals surface area (Å²) in [5, 5.41) is 9.27. The number of aliphatic hydroxyl groups excluding tert-OH is 1. The van der Waals surface area contributed by atoms with E-state index in [2.05, 4.69) is 0 Å². The Hall–Kier alpha value is -3.00. The molecule has 3 rings (SSSR count). The van der Waals surface area contributed by atoms with E-state index < -0.39 is 17.7 Å². The van der Waals surface area contributed by atoms with Crippen LogP contribution in [0.5, 0.6) is 0 Å². The Labute approximate surface area is 161 Å². The van der Waals surface area contributed by atoms with Gasteiger partial charge in [-0.2, -0.15) is 0 Å². The molecule has 148 valence electrons. The maximum atomic E-state index is 13.5. The fourth-order valence-corrected chi connectivity index (χ4v) is 3.10. The molecule has 1 aliphatic rings. The summed E-state index contributed by atoms with van der Waals surface area (Å²) >= 11 is 0. The first-order valence-corrected chi connectivity index (χ1v) is 8.93. The molecule has 1 aliphatic heterocycles. The van der Waals surface area contributed by atoms with Crippen molar-refractivity contribution in [3.63, 3.8) is 0 Å². The maximum Gasteiger partial charge on any atom is 0.325 e. The molecule has 6 nitrogen and oxygen atoms in total. The van der Waals surface area contributed by atoms with Crippen molar-refractivity contribution < 1.29 is 23.5 Å². The second-order valence-electron chi connectivity index (χ2n) is 6.48. The number of benzene rings is 2. The summed E-state index contributed by atoms with van der Waals surface area (Å²) < 4.78 is 26.6. The van der Waals surface area contributed by atoms with Crippen molar-refractivity contribution in [3.05, 3.63) is 65.7 Å². The SMILES string of the molecule is O=C(CN1CCN(c2ccc(F)c(F)c2)C1=O)N(CCO)Cc1ccccc1. The predicted molar refractivity (Wildman–Crippen MR) is 99.6 cm³/mol. The van der Waals surface area contributed by atoms with Gasteiger partial charge in [0.25, 0.3) is 0 Å². The van der Waals surface area contributed by atoms with Crippen LogP contribution in [0.4, 0.5) is 19.3 Å². The average molecular weight is 389 g/mol. The number of rotatable bonds is 7. The first-order chi connectivity index (χ1) is 13.5. The summed E-state index contributed by atoms with van der Waals surface area (Å²) in [5.41, 5.74) is 1.16. The molecule has 0 unspecified atom stereocenters. The van der Waals surface area contributed by atoms with Crippen molar-refractivity contribution in [1.82, 2.24) is 9.80 Å². The van der Waals surface area contributed by atoms with Crippen molar-refractivity contribution in [2.45, 2.75) is 6.54 Å². The molecule has 0 bridgehead atoms. The zero-order valence-corrected chi connectivity index (χ0v) is 15.2. The van der Waals surface area contributed by atoms with Crippen LogP contribution in [-0.4, -0.2) is 59.6 Å². The molecule has 28 heavy (non-hydrogen) atoms. The molecule has 0 radical (unpaired) electrons. The molecule has 1 fully saturated rings. The quantitative estimate of drug-likeness (QED) is 0.790. The van der Waals surface area contributed by atoms with Gasteiger partial charge in [-0.1, -0.05) is 30.3 Å². The van der Waals surface area contributed by atoms with E-state index in [-0.39, 0.29) is 37.8 Å². The molecule has 0 saturated carbocycles. The lowest BCUT2D eigenvalue weighted by Crippen LogP contribution is -2.43. The normalized spacial score (nSPS) is 13.9. The van der Waals surface area contributed by atoms with E-state index in [9.17, 15) is 23.5 Å². The molecule has 2 aromatic rings. The second kappa shape index (κ2) is 8.79. The number of hydrogen-bond donors (Lipinski definition) is 1. The lowest BCUT2D eigenvalue weighted by molar-refractivity contribution is -0.132. The van der Waals surface area contributed by atoms with Crippen molar-refractivity contribution >= 4 is 17.6 Å². The van der Waals surface area contributed by atoms with Crippen LogP contribution < -0.4 is 4.90 Å². The summed E-state index contributed by atoms with van der Waals surface area (Å²) in [5.74, 6) is -2.31. The largest absolute Gasteiger partial charge is 0.395 e. The Morgan fingerprint density at radius 1 is 1.07 bits per heavy atom. The minimum Gasteiger partial charge on any atom is -0.395 e. The standard InChI is InChI=1S/C20H21F2N3O3/c21-17-7-6-16(12-18(17)22)25-9-8-24(20(25)28)14-19(27)23(10-11-26)13-15-4-2-1-3-5-15/h1-7,12,26H,8-11,13-14H2. The van der Waals surface area contributed by atoms with Gasteiger partial charge in [-0.15, -0.1) is 0 Å². The van der Waals surface area contributed by atoms with Gasteiger partial charge < -0.3 is 14.9 Å². The Morgan fingerprint density at radius 3 is 2.50 bits per heavy atom. The van der Waals surface area contributed by atoms with E-state index in [0.29, 0.717) is 13.1 Å². The van der Waals surface area contributed by atoms with E-state index in [0.717, 1.165) is 17.7 Å². The minimum absolute atomic E-state index is 0.147. The molecule has 1 saturated heterocycles. The average Bonchev–Trinajstić information content (AvgIpc) is 3.05. The first kappa shape index (κ1) is 19.8. The molecular weight excluding hydrogens is 368 g/mol. The topological polar surface area (TPSA) is 64.1 Å². The number of urea groups is 1. The number of carbonyl (C=O) groups is 2. The van der Waals surface area contributed by atoms with Gasteiger partial charge in [-0.05, 0) is 17.7 Å². The smallest absolute Gasteiger partial charge is 0.325 e. The molecule has 8 heteroatoms. The maximum absolute atomic E-state index is 13.5. The summed E-state index contributed by atoms with van der Waals surface area (Å²) in [6.07, 6.45) is 0. The number of amides is 3. The summed E-state index contributed by atoms with van der Waals surface area (Å²) in [6, 6.07) is 12.2. The Kier molecular flexibility index (Phi) is 6.20. The molecule has 2 aromatic carbocycles. The van der Waals surface area contributed by atoms with Crippen LogP contribution in [0.3, 0.4) is 0 Å². The molecule has 0 spiro atoms. The van der Waals surface area contributed by atoms with Gasteiger partial charge in [-0.25, -0.2) is 13.6 Å². The third kappa shape index (κ3) is 4.45. The number of hydrogen-bond acceptors (Lipinski definition) is 3. The van der Waals surface area contributed by atoms with Gasteiger partial charge in [0.1, 0.15) is 6.54 Å². The van der Waals surface area contributed by atoms with E-state index in [1.165, 1.54) is 20.8 Å². The summed E-state index contributed by atoms with van der Waals surface area (Å²) in [4.78, 5) is 29.4. The van der Waals surface area contributed by atoms with Crippen LogP contribution >= 0.6 is 0 Å². The van der Waals surface area contributed by atoms with Gasteiger partial charge in [0.15, 0.2) is 11.6 Å². The highest BCUT2D eigenvalue weighted by Crippen LogP contribution is 2.22. The third-order valence-corrected chi connectivity index (χ3v) is 4.57. The van der Waals surface area contributed by atoms with Crippen LogP contribution in [0.1, 0.15) is 5.56 Å². The van der Waals surface area contributed by atoms with E-state index >= 15 is 0 Å². The Bertz CT molecular complexity index is 848. The Morgan fingerprint density at radius 2 is 1.82 bits per heavy atom. The predicted octanol–water partition coefficient (Wildman–Crippen LogP) is 2.23. The highest BCUT2D eigenvalue weighted by atomic mass is 19.2. The summed E-state index contributed by atoms with van der Waals surface area (Å²) in [6.45, 7) is 0.717. The molecular formula is C20H21F2N3O3. The van der Waals surface area contributed by atoms with Crippen LogP contribution in [0.15, 0.2) is 48.5 Å². The number of anilines is 1. The van der Waals surface area contributed by atoms with Crippen molar-refractivity contribution in [3.8, 4) is 0 Å². The molecule has 0 atom stereocenters. The molecule has 3 amide bonds. The molecule has 0 aromatic heterocycles. The highest BCUT2D eigenvalue weighted by Gasteiger charge is 2.32. The van der Waals surface area contributed by atoms with E-state index in [4.69, 9.17) is 0 Å². The fourth-order valence-electron chi connectivity index (χ4n) is 3.10. The number of halogens is 2. The van der Waals surface area contributed by atoms with Crippen molar-refractivity contribution in [2.75, 3.05) is 37.7 Å². The fraction of sp³-hybridized carbons (Fsp3) is 0.300. The zero-order chi connectivity index (χ0) is 20.1. The van der Waals surface area contributed by atoms with Gasteiger partial charge in [0.2, 0.25) is 5.91 Å². The van der Waals surface area contributed by atoms with Gasteiger partial charge in [-0.3, -0.25) is 9.69 Å². The van der Waals surface area contributed by atoms with Gasteiger partial charge in [0, 0.05) is 37.9 Å². The van der Waals surface area contributed by atoms with Crippen LogP contribution in [-0.2, 0) is 11.3 Å². The monoisotopic (exact) mass is 389 g/mol. The van der Waals surface area contributed by atoms with Gasteiger partial charge >= 0.3 is 6.03 Å². The van der Waals surface area contributed by atoms with Crippen LogP contribution in [0.25, 0.3) is 0 Å². The second-order valence-corrected chi connectivity index (χ2v) is 6.48.